The Hall–Kier alpha value is -2.48. The van der Waals surface area contributed by atoms with Crippen molar-refractivity contribution in [3.8, 4) is 10.6 Å². The van der Waals surface area contributed by atoms with E-state index in [0.29, 0.717) is 11.4 Å². The summed E-state index contributed by atoms with van der Waals surface area (Å²) < 4.78 is 2.69. The first-order valence-corrected chi connectivity index (χ1v) is 8.20. The molecule has 120 valence electrons. The molecule has 0 spiro atoms. The van der Waals surface area contributed by atoms with Crippen LogP contribution in [0.15, 0.2) is 31.9 Å². The van der Waals surface area contributed by atoms with Crippen LogP contribution in [-0.4, -0.2) is 19.1 Å². The first kappa shape index (κ1) is 15.4. The van der Waals surface area contributed by atoms with Crippen molar-refractivity contribution >= 4 is 22.5 Å². The molecule has 0 radical (unpaired) electrons. The zero-order valence-electron chi connectivity index (χ0n) is 12.8. The molecule has 0 saturated heterocycles. The number of aryl methyl sites for hydroxylation is 2. The van der Waals surface area contributed by atoms with E-state index in [1.54, 1.807) is 6.07 Å². The predicted octanol–water partition coefficient (Wildman–Crippen LogP) is 1.31. The first-order chi connectivity index (χ1) is 11.0. The molecule has 8 heteroatoms. The Labute approximate surface area is 134 Å². The topological polar surface area (TPSA) is 89.8 Å². The Morgan fingerprint density at radius 3 is 2.74 bits per heavy atom. The van der Waals surface area contributed by atoms with Crippen molar-refractivity contribution in [2.24, 2.45) is 7.05 Å². The van der Waals surface area contributed by atoms with Gasteiger partial charge in [-0.05, 0) is 17.9 Å². The fraction of sp³-hybridized carbons (Fsp3) is 0.333. The molecule has 3 rings (SSSR count). The lowest BCUT2D eigenvalue weighted by atomic mass is 10.3. The van der Waals surface area contributed by atoms with Gasteiger partial charge in [0.1, 0.15) is 5.69 Å². The highest BCUT2D eigenvalue weighted by molar-refractivity contribution is 7.13. The van der Waals surface area contributed by atoms with Gasteiger partial charge in [-0.2, -0.15) is 0 Å². The number of fused-ring (bicyclic) bond motifs is 1. The van der Waals surface area contributed by atoms with Crippen LogP contribution in [0.25, 0.3) is 21.7 Å². The Morgan fingerprint density at radius 2 is 2.09 bits per heavy atom. The van der Waals surface area contributed by atoms with Crippen LogP contribution >= 0.6 is 11.3 Å². The maximum absolute atomic E-state index is 12.5. The van der Waals surface area contributed by atoms with Gasteiger partial charge in [0.2, 0.25) is 0 Å². The number of H-pyrrole nitrogens is 1. The first-order valence-electron chi connectivity index (χ1n) is 7.32. The standard InChI is InChI=1S/C15H16N4O3S/c1-3-4-7-19-12-11(13(20)17-15(19)22)18(2)14(21)10(16-12)9-6-5-8-23-9/h5-6,8H,3-4,7H2,1-2H3,(H,17,20,22). The van der Waals surface area contributed by atoms with Gasteiger partial charge >= 0.3 is 5.69 Å². The average Bonchev–Trinajstić information content (AvgIpc) is 3.04. The minimum Gasteiger partial charge on any atom is -0.302 e. The van der Waals surface area contributed by atoms with E-state index < -0.39 is 11.2 Å². The summed E-state index contributed by atoms with van der Waals surface area (Å²) >= 11 is 1.39. The maximum Gasteiger partial charge on any atom is 0.330 e. The van der Waals surface area contributed by atoms with Crippen LogP contribution in [0.1, 0.15) is 19.8 Å². The number of nitrogens with zero attached hydrogens (tertiary/aromatic N) is 3. The van der Waals surface area contributed by atoms with E-state index in [-0.39, 0.29) is 22.4 Å². The number of rotatable bonds is 4. The van der Waals surface area contributed by atoms with Crippen LogP contribution in [0.2, 0.25) is 0 Å². The zero-order chi connectivity index (χ0) is 16.6. The molecule has 0 amide bonds. The second kappa shape index (κ2) is 5.96. The SMILES string of the molecule is CCCCn1c(=O)[nH]c(=O)c2c1nc(-c1cccs1)c(=O)n2C. The van der Waals surface area contributed by atoms with E-state index in [0.717, 1.165) is 12.8 Å². The van der Waals surface area contributed by atoms with Gasteiger partial charge in [-0.15, -0.1) is 11.3 Å². The van der Waals surface area contributed by atoms with Gasteiger partial charge in [0.25, 0.3) is 11.1 Å². The van der Waals surface area contributed by atoms with Gasteiger partial charge in [-0.25, -0.2) is 9.78 Å². The van der Waals surface area contributed by atoms with Crippen LogP contribution in [0, 0.1) is 0 Å². The number of aromatic nitrogens is 4. The summed E-state index contributed by atoms with van der Waals surface area (Å²) in [5.74, 6) is 0. The number of nitrogens with one attached hydrogen (secondary N) is 1. The van der Waals surface area contributed by atoms with Crippen LogP contribution in [0.4, 0.5) is 0 Å². The summed E-state index contributed by atoms with van der Waals surface area (Å²) in [6, 6.07) is 3.62. The van der Waals surface area contributed by atoms with Gasteiger partial charge in [0, 0.05) is 13.6 Å². The van der Waals surface area contributed by atoms with Gasteiger partial charge in [-0.3, -0.25) is 19.1 Å². The second-order valence-electron chi connectivity index (χ2n) is 5.24. The normalized spacial score (nSPS) is 11.2. The summed E-state index contributed by atoms with van der Waals surface area (Å²) in [4.78, 5) is 44.1. The van der Waals surface area contributed by atoms with E-state index in [9.17, 15) is 14.4 Å². The van der Waals surface area contributed by atoms with Crippen molar-refractivity contribution in [3.63, 3.8) is 0 Å². The maximum atomic E-state index is 12.5. The molecule has 0 aliphatic heterocycles. The third kappa shape index (κ3) is 2.55. The van der Waals surface area contributed by atoms with E-state index in [1.165, 1.54) is 27.5 Å². The number of aromatic amines is 1. The highest BCUT2D eigenvalue weighted by Gasteiger charge is 2.17. The van der Waals surface area contributed by atoms with Crippen molar-refractivity contribution in [1.82, 2.24) is 19.1 Å². The molecular weight excluding hydrogens is 316 g/mol. The minimum atomic E-state index is -0.595. The lowest BCUT2D eigenvalue weighted by molar-refractivity contribution is 0.609. The Balaban J connectivity index is 2.43. The number of hydrogen-bond donors (Lipinski definition) is 1. The van der Waals surface area contributed by atoms with E-state index in [4.69, 9.17) is 0 Å². The molecule has 0 saturated carbocycles. The summed E-state index contributed by atoms with van der Waals surface area (Å²) in [6.07, 6.45) is 1.68. The zero-order valence-corrected chi connectivity index (χ0v) is 13.6. The van der Waals surface area contributed by atoms with E-state index in [1.807, 2.05) is 18.4 Å². The molecule has 7 nitrogen and oxygen atoms in total. The molecule has 0 aromatic carbocycles. The van der Waals surface area contributed by atoms with Gasteiger partial charge in [0.15, 0.2) is 11.2 Å². The molecule has 1 N–H and O–H groups in total. The van der Waals surface area contributed by atoms with Crippen LogP contribution in [0.3, 0.4) is 0 Å². The quantitative estimate of drug-likeness (QED) is 0.780. The fourth-order valence-electron chi connectivity index (χ4n) is 2.48. The fourth-order valence-corrected chi connectivity index (χ4v) is 3.18. The molecule has 3 aromatic rings. The lowest BCUT2D eigenvalue weighted by Crippen LogP contribution is -2.35. The highest BCUT2D eigenvalue weighted by atomic mass is 32.1. The Kier molecular flexibility index (Phi) is 3.99. The number of unbranched alkanes of at least 4 members (excludes halogenated alkanes) is 1. The minimum absolute atomic E-state index is 0.117. The molecular formula is C15H16N4O3S. The lowest BCUT2D eigenvalue weighted by Gasteiger charge is -2.11. The summed E-state index contributed by atoms with van der Waals surface area (Å²) in [6.45, 7) is 2.46. The molecule has 0 unspecified atom stereocenters. The summed E-state index contributed by atoms with van der Waals surface area (Å²) in [5.41, 5.74) is -0.832. The van der Waals surface area contributed by atoms with Crippen molar-refractivity contribution in [1.29, 1.82) is 0 Å². The second-order valence-corrected chi connectivity index (χ2v) is 6.19. The van der Waals surface area contributed by atoms with Gasteiger partial charge < -0.3 is 4.57 Å². The van der Waals surface area contributed by atoms with Gasteiger partial charge in [0.05, 0.1) is 4.88 Å². The average molecular weight is 332 g/mol. The largest absolute Gasteiger partial charge is 0.330 e. The Bertz CT molecular complexity index is 1030. The Morgan fingerprint density at radius 1 is 1.30 bits per heavy atom. The molecule has 0 aliphatic rings. The van der Waals surface area contributed by atoms with Gasteiger partial charge in [-0.1, -0.05) is 19.4 Å². The van der Waals surface area contributed by atoms with Crippen molar-refractivity contribution < 1.29 is 0 Å². The summed E-state index contributed by atoms with van der Waals surface area (Å²) in [7, 11) is 1.52. The third-order valence-electron chi connectivity index (χ3n) is 3.70. The summed E-state index contributed by atoms with van der Waals surface area (Å²) in [5, 5.41) is 1.85. The van der Waals surface area contributed by atoms with Crippen molar-refractivity contribution in [2.75, 3.05) is 0 Å². The smallest absolute Gasteiger partial charge is 0.302 e. The molecule has 0 aliphatic carbocycles. The molecule has 0 bridgehead atoms. The molecule has 23 heavy (non-hydrogen) atoms. The molecule has 0 atom stereocenters. The molecule has 3 aromatic heterocycles. The number of thiophene rings is 1. The van der Waals surface area contributed by atoms with Crippen LogP contribution < -0.4 is 16.8 Å². The highest BCUT2D eigenvalue weighted by Crippen LogP contribution is 2.20. The van der Waals surface area contributed by atoms with Crippen molar-refractivity contribution in [2.45, 2.75) is 26.3 Å². The molecule has 0 fully saturated rings. The van der Waals surface area contributed by atoms with Crippen LogP contribution in [-0.2, 0) is 13.6 Å². The van der Waals surface area contributed by atoms with E-state index in [2.05, 4.69) is 9.97 Å². The number of hydrogen-bond acceptors (Lipinski definition) is 5. The monoisotopic (exact) mass is 332 g/mol. The van der Waals surface area contributed by atoms with E-state index >= 15 is 0 Å². The third-order valence-corrected chi connectivity index (χ3v) is 4.57. The van der Waals surface area contributed by atoms with Crippen LogP contribution in [0.5, 0.6) is 0 Å². The van der Waals surface area contributed by atoms with Crippen molar-refractivity contribution in [3.05, 3.63) is 48.7 Å². The molecule has 3 heterocycles. The predicted molar refractivity (Wildman–Crippen MR) is 90.1 cm³/mol.